The van der Waals surface area contributed by atoms with Gasteiger partial charge in [0.15, 0.2) is 0 Å². The fraction of sp³-hybridized carbons (Fsp3) is 0.125. The molecule has 4 rings (SSSR count). The second-order valence-electron chi connectivity index (χ2n) is 5.21. The van der Waals surface area contributed by atoms with Crippen LogP contribution in [0.15, 0.2) is 43.1 Å². The number of rotatable bonds is 2. The lowest BCUT2D eigenvalue weighted by molar-refractivity contribution is 0.770. The van der Waals surface area contributed by atoms with Crippen molar-refractivity contribution < 1.29 is 0 Å². The Morgan fingerprint density at radius 3 is 2.77 bits per heavy atom. The largest absolute Gasteiger partial charge is 0.346 e. The highest BCUT2D eigenvalue weighted by molar-refractivity contribution is 5.96. The SMILES string of the molecule is Cc1cnc(-c2nn(C)cc2-c2ccnc3[nH]ccc23)cn1. The number of hydrogen-bond donors (Lipinski definition) is 1. The molecule has 0 unspecified atom stereocenters. The fourth-order valence-corrected chi connectivity index (χ4v) is 2.59. The lowest BCUT2D eigenvalue weighted by atomic mass is 10.0. The fourth-order valence-electron chi connectivity index (χ4n) is 2.59. The highest BCUT2D eigenvalue weighted by Crippen LogP contribution is 2.33. The molecule has 4 aromatic heterocycles. The van der Waals surface area contributed by atoms with Gasteiger partial charge in [0.1, 0.15) is 17.0 Å². The van der Waals surface area contributed by atoms with Crippen molar-refractivity contribution in [1.82, 2.24) is 29.7 Å². The van der Waals surface area contributed by atoms with E-state index in [2.05, 4.69) is 25.0 Å². The molecule has 0 spiro atoms. The monoisotopic (exact) mass is 290 g/mol. The van der Waals surface area contributed by atoms with Gasteiger partial charge in [0.05, 0.1) is 11.9 Å². The Morgan fingerprint density at radius 1 is 1.05 bits per heavy atom. The van der Waals surface area contributed by atoms with Crippen LogP contribution >= 0.6 is 0 Å². The van der Waals surface area contributed by atoms with Crippen molar-refractivity contribution in [2.24, 2.45) is 7.05 Å². The molecule has 4 heterocycles. The normalized spacial score (nSPS) is 11.2. The minimum Gasteiger partial charge on any atom is -0.346 e. The number of nitrogens with zero attached hydrogens (tertiary/aromatic N) is 5. The smallest absolute Gasteiger partial charge is 0.137 e. The minimum absolute atomic E-state index is 0.765. The average molecular weight is 290 g/mol. The Hall–Kier alpha value is -3.02. The number of hydrogen-bond acceptors (Lipinski definition) is 4. The van der Waals surface area contributed by atoms with Crippen LogP contribution in [0.5, 0.6) is 0 Å². The van der Waals surface area contributed by atoms with Crippen molar-refractivity contribution in [3.05, 3.63) is 48.8 Å². The number of H-pyrrole nitrogens is 1. The van der Waals surface area contributed by atoms with Gasteiger partial charge in [-0.1, -0.05) is 0 Å². The number of aromatic amines is 1. The minimum atomic E-state index is 0.765. The van der Waals surface area contributed by atoms with E-state index in [1.54, 1.807) is 23.3 Å². The first-order chi connectivity index (χ1) is 10.7. The molecule has 0 bridgehead atoms. The molecule has 1 N–H and O–H groups in total. The zero-order valence-corrected chi connectivity index (χ0v) is 12.3. The van der Waals surface area contributed by atoms with Gasteiger partial charge in [0.25, 0.3) is 0 Å². The van der Waals surface area contributed by atoms with Crippen molar-refractivity contribution in [3.63, 3.8) is 0 Å². The standard InChI is InChI=1S/C16H14N6/c1-10-7-20-14(8-19-10)15-13(9-22(2)21-15)11-3-5-17-16-12(11)4-6-18-16/h3-9H,1-2H3,(H,17,18). The molecule has 0 atom stereocenters. The summed E-state index contributed by atoms with van der Waals surface area (Å²) in [7, 11) is 1.91. The third kappa shape index (κ3) is 1.96. The van der Waals surface area contributed by atoms with Gasteiger partial charge in [-0.05, 0) is 24.6 Å². The second kappa shape index (κ2) is 4.77. The molecule has 0 radical (unpaired) electrons. The number of aromatic nitrogens is 6. The van der Waals surface area contributed by atoms with Crippen molar-refractivity contribution in [2.75, 3.05) is 0 Å². The van der Waals surface area contributed by atoms with Crippen molar-refractivity contribution in [2.45, 2.75) is 6.92 Å². The van der Waals surface area contributed by atoms with Crippen LogP contribution < -0.4 is 0 Å². The number of pyridine rings is 1. The van der Waals surface area contributed by atoms with Crippen molar-refractivity contribution in [1.29, 1.82) is 0 Å². The summed E-state index contributed by atoms with van der Waals surface area (Å²) in [4.78, 5) is 16.2. The van der Waals surface area contributed by atoms with E-state index in [1.807, 2.05) is 38.5 Å². The molecule has 0 aliphatic rings. The van der Waals surface area contributed by atoms with Crippen LogP contribution in [-0.2, 0) is 7.05 Å². The van der Waals surface area contributed by atoms with Crippen LogP contribution in [0.4, 0.5) is 0 Å². The van der Waals surface area contributed by atoms with Crippen LogP contribution in [0.3, 0.4) is 0 Å². The van der Waals surface area contributed by atoms with Gasteiger partial charge < -0.3 is 4.98 Å². The predicted octanol–water partition coefficient (Wildman–Crippen LogP) is 2.73. The molecule has 108 valence electrons. The zero-order valence-electron chi connectivity index (χ0n) is 12.3. The third-order valence-corrected chi connectivity index (χ3v) is 3.60. The van der Waals surface area contributed by atoms with Gasteiger partial charge in [-0.2, -0.15) is 5.10 Å². The summed E-state index contributed by atoms with van der Waals surface area (Å²) < 4.78 is 1.80. The zero-order chi connectivity index (χ0) is 15.1. The third-order valence-electron chi connectivity index (χ3n) is 3.60. The Balaban J connectivity index is 1.96. The molecule has 0 aromatic carbocycles. The predicted molar refractivity (Wildman–Crippen MR) is 84.1 cm³/mol. The Morgan fingerprint density at radius 2 is 1.95 bits per heavy atom. The van der Waals surface area contributed by atoms with Crippen molar-refractivity contribution in [3.8, 4) is 22.5 Å². The molecule has 0 amide bonds. The number of fused-ring (bicyclic) bond motifs is 1. The van der Waals surface area contributed by atoms with E-state index in [0.717, 1.165) is 39.2 Å². The number of nitrogens with one attached hydrogen (secondary N) is 1. The first-order valence-electron chi connectivity index (χ1n) is 6.97. The summed E-state index contributed by atoms with van der Waals surface area (Å²) in [6.07, 6.45) is 9.20. The highest BCUT2D eigenvalue weighted by Gasteiger charge is 2.16. The van der Waals surface area contributed by atoms with Crippen LogP contribution in [0.2, 0.25) is 0 Å². The van der Waals surface area contributed by atoms with E-state index in [1.165, 1.54) is 0 Å². The van der Waals surface area contributed by atoms with E-state index < -0.39 is 0 Å². The van der Waals surface area contributed by atoms with Crippen LogP contribution in [0, 0.1) is 6.92 Å². The quantitative estimate of drug-likeness (QED) is 0.616. The van der Waals surface area contributed by atoms with Crippen LogP contribution in [0.1, 0.15) is 5.69 Å². The van der Waals surface area contributed by atoms with Crippen molar-refractivity contribution >= 4 is 11.0 Å². The van der Waals surface area contributed by atoms with Crippen LogP contribution in [-0.4, -0.2) is 29.7 Å². The molecule has 0 aliphatic heterocycles. The van der Waals surface area contributed by atoms with E-state index in [4.69, 9.17) is 0 Å². The maximum Gasteiger partial charge on any atom is 0.137 e. The molecular weight excluding hydrogens is 276 g/mol. The summed E-state index contributed by atoms with van der Waals surface area (Å²) in [6, 6.07) is 4.02. The van der Waals surface area contributed by atoms with E-state index in [0.29, 0.717) is 0 Å². The molecule has 0 saturated carbocycles. The Labute approximate surface area is 126 Å². The first-order valence-corrected chi connectivity index (χ1v) is 6.97. The molecule has 22 heavy (non-hydrogen) atoms. The lowest BCUT2D eigenvalue weighted by Crippen LogP contribution is -1.92. The molecule has 6 nitrogen and oxygen atoms in total. The van der Waals surface area contributed by atoms with Gasteiger partial charge in [0.2, 0.25) is 0 Å². The highest BCUT2D eigenvalue weighted by atomic mass is 15.3. The second-order valence-corrected chi connectivity index (χ2v) is 5.21. The number of aryl methyl sites for hydroxylation is 2. The van der Waals surface area contributed by atoms with Gasteiger partial charge in [-0.3, -0.25) is 14.6 Å². The van der Waals surface area contributed by atoms with Crippen LogP contribution in [0.25, 0.3) is 33.5 Å². The summed E-state index contributed by atoms with van der Waals surface area (Å²) >= 11 is 0. The average Bonchev–Trinajstić information content (AvgIpc) is 3.14. The van der Waals surface area contributed by atoms with E-state index >= 15 is 0 Å². The molecular formula is C16H14N6. The maximum atomic E-state index is 4.56. The Kier molecular flexibility index (Phi) is 2.75. The summed E-state index contributed by atoms with van der Waals surface area (Å²) in [6.45, 7) is 1.92. The van der Waals surface area contributed by atoms with Gasteiger partial charge in [-0.25, -0.2) is 4.98 Å². The van der Waals surface area contributed by atoms with E-state index in [9.17, 15) is 0 Å². The van der Waals surface area contributed by atoms with Gasteiger partial charge in [0, 0.05) is 42.8 Å². The molecule has 0 fully saturated rings. The molecule has 4 aromatic rings. The summed E-state index contributed by atoms with van der Waals surface area (Å²) in [5, 5.41) is 5.63. The van der Waals surface area contributed by atoms with E-state index in [-0.39, 0.29) is 0 Å². The lowest BCUT2D eigenvalue weighted by Gasteiger charge is -2.03. The topological polar surface area (TPSA) is 72.3 Å². The maximum absolute atomic E-state index is 4.56. The van der Waals surface area contributed by atoms with Gasteiger partial charge >= 0.3 is 0 Å². The summed E-state index contributed by atoms with van der Waals surface area (Å²) in [5.74, 6) is 0. The molecule has 0 aliphatic carbocycles. The molecule has 6 heteroatoms. The first kappa shape index (κ1) is 12.7. The molecule has 0 saturated heterocycles. The summed E-state index contributed by atoms with van der Waals surface area (Å²) in [5.41, 5.74) is 5.44. The Bertz CT molecular complexity index is 948. The van der Waals surface area contributed by atoms with Gasteiger partial charge in [-0.15, -0.1) is 0 Å².